The second-order valence-corrected chi connectivity index (χ2v) is 2.02. The van der Waals surface area contributed by atoms with E-state index in [2.05, 4.69) is 11.6 Å². The summed E-state index contributed by atoms with van der Waals surface area (Å²) in [6.45, 7) is 13.5. The SMILES string of the molecule is C=C(C)/C=C(/C)N=CC.CC. The number of hydrogen-bond acceptors (Lipinski definition) is 1. The zero-order chi connectivity index (χ0) is 9.28. The standard InChI is InChI=1S/C8H13N.C2H6/c1-5-9-8(4)6-7(2)3;1-2/h5-6H,2H2,1,3-4H3;1-2H3/b8-6-,9-5?;. The van der Waals surface area contributed by atoms with E-state index in [1.165, 1.54) is 0 Å². The first kappa shape index (κ1) is 12.8. The summed E-state index contributed by atoms with van der Waals surface area (Å²) >= 11 is 0. The van der Waals surface area contributed by atoms with Gasteiger partial charge in [0.1, 0.15) is 0 Å². The van der Waals surface area contributed by atoms with Crippen LogP contribution in [0.1, 0.15) is 34.6 Å². The normalized spacial score (nSPS) is 10.8. The van der Waals surface area contributed by atoms with E-state index in [1.54, 1.807) is 6.21 Å². The third-order valence-corrected chi connectivity index (χ3v) is 0.788. The molecule has 0 aromatic rings. The minimum Gasteiger partial charge on any atom is -0.266 e. The molecule has 0 bridgehead atoms. The molecule has 0 atom stereocenters. The fourth-order valence-electron chi connectivity index (χ4n) is 0.597. The van der Waals surface area contributed by atoms with E-state index in [-0.39, 0.29) is 0 Å². The molecule has 0 saturated carbocycles. The van der Waals surface area contributed by atoms with Crippen LogP contribution in [0.15, 0.2) is 28.9 Å². The molecule has 0 unspecified atom stereocenters. The predicted octanol–water partition coefficient (Wildman–Crippen LogP) is 3.58. The third kappa shape index (κ3) is 12.4. The van der Waals surface area contributed by atoms with E-state index in [4.69, 9.17) is 0 Å². The second-order valence-electron chi connectivity index (χ2n) is 2.02. The molecule has 0 N–H and O–H groups in total. The van der Waals surface area contributed by atoms with Crippen LogP contribution in [0.5, 0.6) is 0 Å². The van der Waals surface area contributed by atoms with Gasteiger partial charge in [0.25, 0.3) is 0 Å². The van der Waals surface area contributed by atoms with Crippen molar-refractivity contribution in [2.75, 3.05) is 0 Å². The zero-order valence-electron chi connectivity index (χ0n) is 8.31. The van der Waals surface area contributed by atoms with Crippen LogP contribution < -0.4 is 0 Å². The van der Waals surface area contributed by atoms with Crippen LogP contribution in [0.4, 0.5) is 0 Å². The highest BCUT2D eigenvalue weighted by Crippen LogP contribution is 1.98. The van der Waals surface area contributed by atoms with Gasteiger partial charge in [0.2, 0.25) is 0 Å². The lowest BCUT2D eigenvalue weighted by Crippen LogP contribution is -1.70. The van der Waals surface area contributed by atoms with E-state index in [9.17, 15) is 0 Å². The molecule has 0 radical (unpaired) electrons. The summed E-state index contributed by atoms with van der Waals surface area (Å²) < 4.78 is 0. The smallest absolute Gasteiger partial charge is 0.0371 e. The summed E-state index contributed by atoms with van der Waals surface area (Å²) in [4.78, 5) is 4.04. The maximum Gasteiger partial charge on any atom is 0.0371 e. The van der Waals surface area contributed by atoms with E-state index in [1.807, 2.05) is 40.7 Å². The first-order valence-corrected chi connectivity index (χ1v) is 3.99. The summed E-state index contributed by atoms with van der Waals surface area (Å²) in [6, 6.07) is 0. The van der Waals surface area contributed by atoms with Crippen LogP contribution in [0, 0.1) is 0 Å². The number of allylic oxidation sites excluding steroid dienone is 3. The molecule has 0 saturated heterocycles. The van der Waals surface area contributed by atoms with Crippen molar-refractivity contribution >= 4 is 6.21 Å². The van der Waals surface area contributed by atoms with Gasteiger partial charge in [0, 0.05) is 11.9 Å². The minimum atomic E-state index is 1.00. The zero-order valence-corrected chi connectivity index (χ0v) is 8.31. The Kier molecular flexibility index (Phi) is 10.6. The maximum atomic E-state index is 4.04. The molecule has 0 aromatic carbocycles. The van der Waals surface area contributed by atoms with Crippen LogP contribution in [0.3, 0.4) is 0 Å². The van der Waals surface area contributed by atoms with Gasteiger partial charge in [0.05, 0.1) is 0 Å². The molecular formula is C10H19N. The van der Waals surface area contributed by atoms with Crippen LogP contribution in [-0.2, 0) is 0 Å². The fourth-order valence-corrected chi connectivity index (χ4v) is 0.597. The van der Waals surface area contributed by atoms with Crippen LogP contribution in [0.2, 0.25) is 0 Å². The summed E-state index contributed by atoms with van der Waals surface area (Å²) in [7, 11) is 0. The Labute approximate surface area is 70.5 Å². The van der Waals surface area contributed by atoms with Gasteiger partial charge in [-0.2, -0.15) is 0 Å². The van der Waals surface area contributed by atoms with Gasteiger partial charge in [-0.1, -0.05) is 26.0 Å². The van der Waals surface area contributed by atoms with Crippen molar-refractivity contribution in [3.63, 3.8) is 0 Å². The molecule has 1 nitrogen and oxygen atoms in total. The van der Waals surface area contributed by atoms with Crippen molar-refractivity contribution in [3.8, 4) is 0 Å². The summed E-state index contributed by atoms with van der Waals surface area (Å²) in [5.41, 5.74) is 2.04. The Morgan fingerprint density at radius 1 is 1.27 bits per heavy atom. The number of nitrogens with zero attached hydrogens (tertiary/aromatic N) is 1. The molecule has 0 rings (SSSR count). The van der Waals surface area contributed by atoms with E-state index >= 15 is 0 Å². The van der Waals surface area contributed by atoms with Crippen LogP contribution in [-0.4, -0.2) is 6.21 Å². The van der Waals surface area contributed by atoms with E-state index < -0.39 is 0 Å². The van der Waals surface area contributed by atoms with Gasteiger partial charge in [0.15, 0.2) is 0 Å². The molecule has 1 heteroatoms. The average molecular weight is 153 g/mol. The first-order valence-electron chi connectivity index (χ1n) is 3.99. The van der Waals surface area contributed by atoms with Crippen molar-refractivity contribution in [1.82, 2.24) is 0 Å². The van der Waals surface area contributed by atoms with Crippen molar-refractivity contribution in [2.24, 2.45) is 4.99 Å². The Morgan fingerprint density at radius 3 is 2.00 bits per heavy atom. The molecule has 0 heterocycles. The van der Waals surface area contributed by atoms with Crippen LogP contribution in [0.25, 0.3) is 0 Å². The quantitative estimate of drug-likeness (QED) is 0.424. The van der Waals surface area contributed by atoms with Crippen molar-refractivity contribution in [2.45, 2.75) is 34.6 Å². The Bertz CT molecular complexity index is 152. The largest absolute Gasteiger partial charge is 0.266 e. The van der Waals surface area contributed by atoms with Gasteiger partial charge in [-0.05, 0) is 26.8 Å². The van der Waals surface area contributed by atoms with Gasteiger partial charge >= 0.3 is 0 Å². The molecule has 64 valence electrons. The Balaban J connectivity index is 0. The van der Waals surface area contributed by atoms with Crippen LogP contribution >= 0.6 is 0 Å². The lowest BCUT2D eigenvalue weighted by Gasteiger charge is -1.88. The van der Waals surface area contributed by atoms with Gasteiger partial charge in [-0.15, -0.1) is 0 Å². The molecule has 0 amide bonds. The third-order valence-electron chi connectivity index (χ3n) is 0.788. The number of hydrogen-bond donors (Lipinski definition) is 0. The highest BCUT2D eigenvalue weighted by atomic mass is 14.7. The molecule has 11 heavy (non-hydrogen) atoms. The van der Waals surface area contributed by atoms with Gasteiger partial charge in [-0.25, -0.2) is 0 Å². The minimum absolute atomic E-state index is 1.00. The van der Waals surface area contributed by atoms with Crippen molar-refractivity contribution < 1.29 is 0 Å². The lowest BCUT2D eigenvalue weighted by molar-refractivity contribution is 1.29. The van der Waals surface area contributed by atoms with Gasteiger partial charge in [-0.3, -0.25) is 4.99 Å². The van der Waals surface area contributed by atoms with E-state index in [0.29, 0.717) is 0 Å². The molecule has 0 aliphatic rings. The molecule has 0 spiro atoms. The highest BCUT2D eigenvalue weighted by Gasteiger charge is 1.79. The fraction of sp³-hybridized carbons (Fsp3) is 0.500. The predicted molar refractivity (Wildman–Crippen MR) is 54.1 cm³/mol. The number of rotatable bonds is 2. The maximum absolute atomic E-state index is 4.04. The van der Waals surface area contributed by atoms with Crippen molar-refractivity contribution in [1.29, 1.82) is 0 Å². The number of aliphatic imine (C=N–C) groups is 1. The van der Waals surface area contributed by atoms with E-state index in [0.717, 1.165) is 11.3 Å². The summed E-state index contributed by atoms with van der Waals surface area (Å²) in [6.07, 6.45) is 3.72. The molecule has 0 fully saturated rings. The second kappa shape index (κ2) is 9.15. The monoisotopic (exact) mass is 153 g/mol. The molecular weight excluding hydrogens is 134 g/mol. The van der Waals surface area contributed by atoms with Gasteiger partial charge < -0.3 is 0 Å². The Morgan fingerprint density at radius 2 is 1.73 bits per heavy atom. The molecule has 0 aliphatic heterocycles. The molecule has 0 aliphatic carbocycles. The summed E-state index contributed by atoms with van der Waals surface area (Å²) in [5.74, 6) is 0. The summed E-state index contributed by atoms with van der Waals surface area (Å²) in [5, 5.41) is 0. The Hall–Kier alpha value is -0.850. The van der Waals surface area contributed by atoms with Crippen molar-refractivity contribution in [3.05, 3.63) is 23.9 Å². The first-order chi connectivity index (χ1) is 5.16. The lowest BCUT2D eigenvalue weighted by atomic mass is 10.3. The average Bonchev–Trinajstić information content (AvgIpc) is 1.91. The highest BCUT2D eigenvalue weighted by molar-refractivity contribution is 5.55. The molecule has 0 aromatic heterocycles. The topological polar surface area (TPSA) is 12.4 Å².